The summed E-state index contributed by atoms with van der Waals surface area (Å²) in [6.07, 6.45) is -2.37. The Kier molecular flexibility index (Phi) is 9.20. The van der Waals surface area contributed by atoms with E-state index < -0.39 is 12.0 Å². The number of halogens is 3. The molecule has 0 radical (unpaired) electrons. The average Bonchev–Trinajstić information content (AvgIpc) is 2.96. The van der Waals surface area contributed by atoms with Crippen LogP contribution in [0.2, 0.25) is 0 Å². The molecule has 9 nitrogen and oxygen atoms in total. The van der Waals surface area contributed by atoms with Crippen LogP contribution in [0.15, 0.2) is 30.3 Å². The topological polar surface area (TPSA) is 112 Å². The zero-order valence-electron chi connectivity index (χ0n) is 21.6. The van der Waals surface area contributed by atoms with Crippen LogP contribution in [0.1, 0.15) is 36.2 Å². The van der Waals surface area contributed by atoms with Crippen LogP contribution in [0.4, 0.5) is 24.8 Å². The van der Waals surface area contributed by atoms with Gasteiger partial charge in [0.05, 0.1) is 23.6 Å². The molecule has 2 aliphatic rings. The molecule has 0 aliphatic carbocycles. The summed E-state index contributed by atoms with van der Waals surface area (Å²) in [7, 11) is 0. The molecule has 0 spiro atoms. The first-order valence-corrected chi connectivity index (χ1v) is 13.1. The number of nitriles is 2. The van der Waals surface area contributed by atoms with Crippen LogP contribution in [-0.4, -0.2) is 73.1 Å². The average molecular weight is 541 g/mol. The van der Waals surface area contributed by atoms with Gasteiger partial charge in [-0.25, -0.2) is 9.97 Å². The Labute approximate surface area is 225 Å². The minimum atomic E-state index is -4.70. The Morgan fingerprint density at radius 3 is 2.36 bits per heavy atom. The third-order valence-electron chi connectivity index (χ3n) is 7.10. The lowest BCUT2D eigenvalue weighted by Gasteiger charge is -2.36. The number of alkyl halides is 3. The number of benzene rings is 1. The highest BCUT2D eigenvalue weighted by Gasteiger charge is 2.37. The standard InChI is InChI=1S/C27H31F3N8O/c28-27(29,30)26-34-23(37-15-13-36(14-16-37)11-2-9-31)17-24(35-26)38-12-1-3-22(19-38)25(39)33-10-8-20-4-6-21(18-32)7-5-20/h4-7,17,22H,1-3,8,10-16,19H2,(H,33,39)/t22-/m1/s1. The van der Waals surface area contributed by atoms with Crippen molar-refractivity contribution in [2.75, 3.05) is 62.2 Å². The number of piperidine rings is 1. The molecule has 12 heteroatoms. The summed E-state index contributed by atoms with van der Waals surface area (Å²) in [4.78, 5) is 26.3. The van der Waals surface area contributed by atoms with E-state index in [0.717, 1.165) is 5.56 Å². The largest absolute Gasteiger partial charge is 0.451 e. The predicted octanol–water partition coefficient (Wildman–Crippen LogP) is 2.98. The van der Waals surface area contributed by atoms with E-state index in [1.807, 2.05) is 17.0 Å². The summed E-state index contributed by atoms with van der Waals surface area (Å²) in [5.74, 6) is -1.28. The third kappa shape index (κ3) is 7.58. The summed E-state index contributed by atoms with van der Waals surface area (Å²) in [6.45, 7) is 4.12. The van der Waals surface area contributed by atoms with E-state index in [4.69, 9.17) is 10.5 Å². The van der Waals surface area contributed by atoms with Gasteiger partial charge in [-0.05, 0) is 37.0 Å². The number of hydrogen-bond donors (Lipinski definition) is 1. The van der Waals surface area contributed by atoms with Crippen molar-refractivity contribution < 1.29 is 18.0 Å². The minimum Gasteiger partial charge on any atom is -0.356 e. The maximum Gasteiger partial charge on any atom is 0.451 e. The van der Waals surface area contributed by atoms with Gasteiger partial charge in [0.15, 0.2) is 0 Å². The van der Waals surface area contributed by atoms with E-state index in [2.05, 4.69) is 32.3 Å². The number of carbonyl (C=O) groups excluding carboxylic acids is 1. The highest BCUT2D eigenvalue weighted by molar-refractivity contribution is 5.79. The molecular weight excluding hydrogens is 509 g/mol. The lowest BCUT2D eigenvalue weighted by atomic mass is 9.97. The SMILES string of the molecule is N#CCCN1CCN(c2cc(N3CCC[C@@H](C(=O)NCCc4ccc(C#N)cc4)C3)nc(C(F)(F)F)n2)CC1. The number of rotatable bonds is 8. The van der Waals surface area contributed by atoms with E-state index in [0.29, 0.717) is 77.1 Å². The van der Waals surface area contributed by atoms with E-state index in [-0.39, 0.29) is 30.0 Å². The number of nitrogens with one attached hydrogen (secondary N) is 1. The van der Waals surface area contributed by atoms with Gasteiger partial charge in [-0.1, -0.05) is 12.1 Å². The maximum absolute atomic E-state index is 13.7. The van der Waals surface area contributed by atoms with Crippen LogP contribution in [0.25, 0.3) is 0 Å². The minimum absolute atomic E-state index is 0.132. The van der Waals surface area contributed by atoms with Crippen molar-refractivity contribution in [2.24, 2.45) is 5.92 Å². The Bertz CT molecular complexity index is 1210. The molecule has 3 heterocycles. The molecule has 2 aromatic rings. The van der Waals surface area contributed by atoms with E-state index in [1.165, 1.54) is 0 Å². The molecule has 0 unspecified atom stereocenters. The van der Waals surface area contributed by atoms with Crippen molar-refractivity contribution >= 4 is 17.5 Å². The van der Waals surface area contributed by atoms with Gasteiger partial charge in [-0.15, -0.1) is 0 Å². The molecule has 2 saturated heterocycles. The summed E-state index contributed by atoms with van der Waals surface area (Å²) in [6, 6.07) is 12.9. The monoisotopic (exact) mass is 540 g/mol. The normalized spacial score (nSPS) is 18.3. The van der Waals surface area contributed by atoms with Crippen molar-refractivity contribution in [2.45, 2.75) is 31.9 Å². The number of piperazine rings is 1. The summed E-state index contributed by atoms with van der Waals surface area (Å²) in [5, 5.41) is 20.6. The second kappa shape index (κ2) is 12.8. The number of hydrogen-bond acceptors (Lipinski definition) is 8. The fraction of sp³-hybridized carbons (Fsp3) is 0.519. The predicted molar refractivity (Wildman–Crippen MR) is 139 cm³/mol. The van der Waals surface area contributed by atoms with Crippen molar-refractivity contribution in [3.63, 3.8) is 0 Å². The number of aromatic nitrogens is 2. The van der Waals surface area contributed by atoms with Crippen LogP contribution in [0.3, 0.4) is 0 Å². The van der Waals surface area contributed by atoms with Gasteiger partial charge in [0.1, 0.15) is 11.6 Å². The van der Waals surface area contributed by atoms with Crippen LogP contribution < -0.4 is 15.1 Å². The van der Waals surface area contributed by atoms with Crippen molar-refractivity contribution in [1.29, 1.82) is 10.5 Å². The molecule has 206 valence electrons. The number of carbonyl (C=O) groups is 1. The van der Waals surface area contributed by atoms with Gasteiger partial charge in [0, 0.05) is 64.8 Å². The maximum atomic E-state index is 13.7. The fourth-order valence-electron chi connectivity index (χ4n) is 4.90. The zero-order valence-corrected chi connectivity index (χ0v) is 21.6. The van der Waals surface area contributed by atoms with Crippen molar-refractivity contribution in [3.8, 4) is 12.1 Å². The molecule has 1 aromatic carbocycles. The van der Waals surface area contributed by atoms with Gasteiger partial charge in [0.25, 0.3) is 0 Å². The Hall–Kier alpha value is -3.90. The molecule has 1 N–H and O–H groups in total. The summed E-state index contributed by atoms with van der Waals surface area (Å²) in [5.41, 5.74) is 1.57. The Morgan fingerprint density at radius 2 is 1.72 bits per heavy atom. The van der Waals surface area contributed by atoms with Crippen LogP contribution in [0.5, 0.6) is 0 Å². The summed E-state index contributed by atoms with van der Waals surface area (Å²) < 4.78 is 41.2. The van der Waals surface area contributed by atoms with Crippen LogP contribution in [0, 0.1) is 28.6 Å². The lowest BCUT2D eigenvalue weighted by Crippen LogP contribution is -2.47. The third-order valence-corrected chi connectivity index (χ3v) is 7.10. The van der Waals surface area contributed by atoms with E-state index >= 15 is 0 Å². The number of amides is 1. The lowest BCUT2D eigenvalue weighted by molar-refractivity contribution is -0.144. The highest BCUT2D eigenvalue weighted by atomic mass is 19.4. The Morgan fingerprint density at radius 1 is 1.03 bits per heavy atom. The van der Waals surface area contributed by atoms with Crippen molar-refractivity contribution in [3.05, 3.63) is 47.3 Å². The zero-order chi connectivity index (χ0) is 27.8. The number of nitrogens with zero attached hydrogens (tertiary/aromatic N) is 7. The van der Waals surface area contributed by atoms with Gasteiger partial charge < -0.3 is 15.1 Å². The van der Waals surface area contributed by atoms with E-state index in [9.17, 15) is 18.0 Å². The molecular formula is C27H31F3N8O. The molecule has 4 rings (SSSR count). The molecule has 1 amide bonds. The van der Waals surface area contributed by atoms with Gasteiger partial charge >= 0.3 is 6.18 Å². The summed E-state index contributed by atoms with van der Waals surface area (Å²) >= 11 is 0. The van der Waals surface area contributed by atoms with Crippen molar-refractivity contribution in [1.82, 2.24) is 20.2 Å². The first kappa shape index (κ1) is 28.1. The van der Waals surface area contributed by atoms with Gasteiger partial charge in [0.2, 0.25) is 11.7 Å². The fourth-order valence-corrected chi connectivity index (χ4v) is 4.90. The highest BCUT2D eigenvalue weighted by Crippen LogP contribution is 2.32. The molecule has 39 heavy (non-hydrogen) atoms. The smallest absolute Gasteiger partial charge is 0.356 e. The first-order chi connectivity index (χ1) is 18.8. The quantitative estimate of drug-likeness (QED) is 0.544. The molecule has 0 bridgehead atoms. The molecule has 2 fully saturated rings. The van der Waals surface area contributed by atoms with E-state index in [1.54, 1.807) is 23.1 Å². The Balaban J connectivity index is 1.40. The second-order valence-corrected chi connectivity index (χ2v) is 9.78. The van der Waals surface area contributed by atoms with Crippen LogP contribution in [-0.2, 0) is 17.4 Å². The molecule has 1 atom stereocenters. The molecule has 2 aliphatic heterocycles. The van der Waals surface area contributed by atoms with Gasteiger partial charge in [-0.3, -0.25) is 9.69 Å². The second-order valence-electron chi connectivity index (χ2n) is 9.78. The first-order valence-electron chi connectivity index (χ1n) is 13.1. The number of anilines is 2. The van der Waals surface area contributed by atoms with Gasteiger partial charge in [-0.2, -0.15) is 23.7 Å². The molecule has 1 aromatic heterocycles. The molecule has 0 saturated carbocycles. The van der Waals surface area contributed by atoms with Crippen LogP contribution >= 0.6 is 0 Å².